The SMILES string of the molecule is CC(C)N(CCC(=O)N1CCC2(CC1)OCCO2)Cc1ccccc1. The topological polar surface area (TPSA) is 42.0 Å². The molecule has 1 aromatic carbocycles. The minimum Gasteiger partial charge on any atom is -0.347 e. The van der Waals surface area contributed by atoms with Gasteiger partial charge in [-0.15, -0.1) is 0 Å². The maximum atomic E-state index is 12.6. The third-order valence-corrected chi connectivity index (χ3v) is 5.26. The van der Waals surface area contributed by atoms with Gasteiger partial charge in [0.25, 0.3) is 0 Å². The maximum absolute atomic E-state index is 12.6. The van der Waals surface area contributed by atoms with Crippen LogP contribution in [0.5, 0.6) is 0 Å². The smallest absolute Gasteiger partial charge is 0.223 e. The van der Waals surface area contributed by atoms with Crippen molar-refractivity contribution in [3.63, 3.8) is 0 Å². The van der Waals surface area contributed by atoms with E-state index in [1.165, 1.54) is 5.56 Å². The van der Waals surface area contributed by atoms with Gasteiger partial charge in [0, 0.05) is 51.5 Å². The van der Waals surface area contributed by atoms with Gasteiger partial charge >= 0.3 is 0 Å². The predicted molar refractivity (Wildman–Crippen MR) is 97.1 cm³/mol. The van der Waals surface area contributed by atoms with Crippen molar-refractivity contribution in [1.82, 2.24) is 9.80 Å². The molecule has 2 heterocycles. The lowest BCUT2D eigenvalue weighted by atomic mass is 10.0. The Kier molecular flexibility index (Phi) is 6.10. The van der Waals surface area contributed by atoms with Gasteiger partial charge < -0.3 is 14.4 Å². The summed E-state index contributed by atoms with van der Waals surface area (Å²) >= 11 is 0. The number of hydrogen-bond acceptors (Lipinski definition) is 4. The van der Waals surface area contributed by atoms with Crippen LogP contribution in [0.15, 0.2) is 30.3 Å². The van der Waals surface area contributed by atoms with E-state index in [1.807, 2.05) is 11.0 Å². The quantitative estimate of drug-likeness (QED) is 0.794. The largest absolute Gasteiger partial charge is 0.347 e. The Morgan fingerprint density at radius 3 is 2.40 bits per heavy atom. The van der Waals surface area contributed by atoms with Crippen LogP contribution in [-0.4, -0.2) is 60.4 Å². The van der Waals surface area contributed by atoms with Crippen molar-refractivity contribution in [3.8, 4) is 0 Å². The fourth-order valence-corrected chi connectivity index (χ4v) is 3.62. The van der Waals surface area contributed by atoms with E-state index in [-0.39, 0.29) is 5.91 Å². The Hall–Kier alpha value is -1.43. The highest BCUT2D eigenvalue weighted by Gasteiger charge is 2.40. The van der Waals surface area contributed by atoms with E-state index in [0.717, 1.165) is 39.0 Å². The van der Waals surface area contributed by atoms with Crippen molar-refractivity contribution >= 4 is 5.91 Å². The third-order valence-electron chi connectivity index (χ3n) is 5.26. The number of amides is 1. The Labute approximate surface area is 150 Å². The summed E-state index contributed by atoms with van der Waals surface area (Å²) in [6.07, 6.45) is 2.15. The molecule has 1 amide bonds. The fraction of sp³-hybridized carbons (Fsp3) is 0.650. The number of rotatable bonds is 6. The molecule has 0 unspecified atom stereocenters. The molecule has 0 aromatic heterocycles. The second-order valence-electron chi connectivity index (χ2n) is 7.29. The molecule has 138 valence electrons. The molecule has 0 saturated carbocycles. The first-order valence-electron chi connectivity index (χ1n) is 9.42. The zero-order valence-corrected chi connectivity index (χ0v) is 15.4. The summed E-state index contributed by atoms with van der Waals surface area (Å²) in [6.45, 7) is 8.88. The van der Waals surface area contributed by atoms with Crippen LogP contribution in [0.1, 0.15) is 38.7 Å². The molecule has 5 nitrogen and oxygen atoms in total. The van der Waals surface area contributed by atoms with Crippen molar-refractivity contribution in [2.24, 2.45) is 0 Å². The lowest BCUT2D eigenvalue weighted by Gasteiger charge is -2.38. The van der Waals surface area contributed by atoms with Gasteiger partial charge in [-0.25, -0.2) is 0 Å². The molecule has 0 radical (unpaired) electrons. The van der Waals surface area contributed by atoms with Crippen molar-refractivity contribution in [1.29, 1.82) is 0 Å². The molecule has 0 atom stereocenters. The summed E-state index contributed by atoms with van der Waals surface area (Å²) < 4.78 is 11.5. The first-order valence-corrected chi connectivity index (χ1v) is 9.42. The van der Waals surface area contributed by atoms with Crippen LogP contribution in [0.2, 0.25) is 0 Å². The van der Waals surface area contributed by atoms with Crippen LogP contribution < -0.4 is 0 Å². The van der Waals surface area contributed by atoms with Crippen LogP contribution in [0, 0.1) is 0 Å². The molecule has 1 spiro atoms. The van der Waals surface area contributed by atoms with Crippen LogP contribution in [0.4, 0.5) is 0 Å². The van der Waals surface area contributed by atoms with Gasteiger partial charge in [0.1, 0.15) is 0 Å². The zero-order valence-electron chi connectivity index (χ0n) is 15.4. The van der Waals surface area contributed by atoms with Crippen molar-refractivity contribution < 1.29 is 14.3 Å². The van der Waals surface area contributed by atoms with Crippen LogP contribution >= 0.6 is 0 Å². The van der Waals surface area contributed by atoms with Gasteiger partial charge in [-0.05, 0) is 19.4 Å². The molecule has 2 fully saturated rings. The van der Waals surface area contributed by atoms with E-state index in [9.17, 15) is 4.79 Å². The lowest BCUT2D eigenvalue weighted by molar-refractivity contribution is -0.187. The minimum absolute atomic E-state index is 0.242. The van der Waals surface area contributed by atoms with E-state index >= 15 is 0 Å². The molecular weight excluding hydrogens is 316 g/mol. The van der Waals surface area contributed by atoms with Gasteiger partial charge in [0.15, 0.2) is 5.79 Å². The van der Waals surface area contributed by atoms with Crippen molar-refractivity contribution in [3.05, 3.63) is 35.9 Å². The standard InChI is InChI=1S/C20H30N2O3/c1-17(2)22(16-18-6-4-3-5-7-18)11-8-19(23)21-12-9-20(10-13-21)24-14-15-25-20/h3-7,17H,8-16H2,1-2H3. The monoisotopic (exact) mass is 346 g/mol. The van der Waals surface area contributed by atoms with Crippen LogP contribution in [0.3, 0.4) is 0 Å². The molecule has 5 heteroatoms. The number of likely N-dealkylation sites (tertiary alicyclic amines) is 1. The molecule has 0 bridgehead atoms. The van der Waals surface area contributed by atoms with Gasteiger partial charge in [-0.3, -0.25) is 9.69 Å². The molecule has 0 aliphatic carbocycles. The second kappa shape index (κ2) is 8.30. The van der Waals surface area contributed by atoms with E-state index in [2.05, 4.69) is 43.0 Å². The Morgan fingerprint density at radius 1 is 1.16 bits per heavy atom. The molecule has 3 rings (SSSR count). The summed E-state index contributed by atoms with van der Waals surface area (Å²) in [5.74, 6) is -0.166. The van der Waals surface area contributed by atoms with E-state index in [1.54, 1.807) is 0 Å². The number of carbonyl (C=O) groups excluding carboxylic acids is 1. The highest BCUT2D eigenvalue weighted by Crippen LogP contribution is 2.31. The normalized spacial score (nSPS) is 19.9. The van der Waals surface area contributed by atoms with Crippen molar-refractivity contribution in [2.75, 3.05) is 32.8 Å². The van der Waals surface area contributed by atoms with E-state index in [0.29, 0.717) is 25.7 Å². The summed E-state index contributed by atoms with van der Waals surface area (Å²) in [4.78, 5) is 16.9. The number of carbonyl (C=O) groups is 1. The molecule has 2 saturated heterocycles. The first kappa shape index (κ1) is 18.4. The molecule has 2 aliphatic heterocycles. The summed E-state index contributed by atoms with van der Waals surface area (Å²) in [7, 11) is 0. The van der Waals surface area contributed by atoms with Crippen LogP contribution in [0.25, 0.3) is 0 Å². The number of piperidine rings is 1. The highest BCUT2D eigenvalue weighted by molar-refractivity contribution is 5.76. The molecule has 0 N–H and O–H groups in total. The summed E-state index contributed by atoms with van der Waals surface area (Å²) in [5, 5.41) is 0. The lowest BCUT2D eigenvalue weighted by Crippen LogP contribution is -2.48. The van der Waals surface area contributed by atoms with Gasteiger partial charge in [-0.1, -0.05) is 30.3 Å². The van der Waals surface area contributed by atoms with Gasteiger partial charge in [0.2, 0.25) is 5.91 Å². The Bertz CT molecular complexity index is 545. The minimum atomic E-state index is -0.409. The van der Waals surface area contributed by atoms with Gasteiger partial charge in [-0.2, -0.15) is 0 Å². The average Bonchev–Trinajstić information content (AvgIpc) is 3.07. The number of hydrogen-bond donors (Lipinski definition) is 0. The molecule has 2 aliphatic rings. The third kappa shape index (κ3) is 4.81. The van der Waals surface area contributed by atoms with Crippen molar-refractivity contribution in [2.45, 2.75) is 51.5 Å². The van der Waals surface area contributed by atoms with E-state index < -0.39 is 5.79 Å². The number of ether oxygens (including phenoxy) is 2. The maximum Gasteiger partial charge on any atom is 0.223 e. The predicted octanol–water partition coefficient (Wildman–Crippen LogP) is 2.65. The summed E-state index contributed by atoms with van der Waals surface area (Å²) in [6, 6.07) is 10.9. The average molecular weight is 346 g/mol. The highest BCUT2D eigenvalue weighted by atomic mass is 16.7. The van der Waals surface area contributed by atoms with Gasteiger partial charge in [0.05, 0.1) is 13.2 Å². The number of benzene rings is 1. The summed E-state index contributed by atoms with van der Waals surface area (Å²) in [5.41, 5.74) is 1.29. The molecule has 25 heavy (non-hydrogen) atoms. The molecule has 1 aromatic rings. The molecular formula is C20H30N2O3. The second-order valence-corrected chi connectivity index (χ2v) is 7.29. The first-order chi connectivity index (χ1) is 12.1. The zero-order chi connectivity index (χ0) is 17.7. The van der Waals surface area contributed by atoms with E-state index in [4.69, 9.17) is 9.47 Å². The van der Waals surface area contributed by atoms with Crippen LogP contribution in [-0.2, 0) is 20.8 Å². The Balaban J connectivity index is 1.47. The Morgan fingerprint density at radius 2 is 1.80 bits per heavy atom. The number of nitrogens with zero attached hydrogens (tertiary/aromatic N) is 2. The fourth-order valence-electron chi connectivity index (χ4n) is 3.62.